The van der Waals surface area contributed by atoms with Gasteiger partial charge in [0.15, 0.2) is 17.3 Å². The number of aromatic nitrogens is 5. The summed E-state index contributed by atoms with van der Waals surface area (Å²) in [4.78, 5) is 32.9. The predicted octanol–water partition coefficient (Wildman–Crippen LogP) is 1.95. The summed E-state index contributed by atoms with van der Waals surface area (Å²) in [6.07, 6.45) is 7.04. The first kappa shape index (κ1) is 16.4. The summed E-state index contributed by atoms with van der Waals surface area (Å²) in [6.45, 7) is 2.09. The average Bonchev–Trinajstić information content (AvgIpc) is 3.49. The minimum Gasteiger partial charge on any atom is -0.267 e. The maximum absolute atomic E-state index is 12.5. The Kier molecular flexibility index (Phi) is 3.99. The van der Waals surface area contributed by atoms with Crippen molar-refractivity contribution in [1.29, 1.82) is 0 Å². The van der Waals surface area contributed by atoms with Gasteiger partial charge in [0.1, 0.15) is 0 Å². The Morgan fingerprint density at radius 1 is 1.15 bits per heavy atom. The molecule has 1 saturated carbocycles. The standard InChI is InChI=1S/C19H19N5O2/c1-3-12-6-8-14(9-7-12)16-20-15-17(21-19(26)23(2)18(15)25)24(22-16)11-10-13-4-5-13/h6-11,13H,3-5H2,1-2H3/b11-10+. The maximum atomic E-state index is 12.5. The Labute approximate surface area is 150 Å². The molecule has 3 aliphatic rings. The Bertz CT molecular complexity index is 1070. The largest absolute Gasteiger partial charge is 0.352 e. The van der Waals surface area contributed by atoms with Crippen molar-refractivity contribution >= 4 is 6.20 Å². The van der Waals surface area contributed by atoms with E-state index in [-0.39, 0.29) is 11.5 Å². The van der Waals surface area contributed by atoms with Crippen molar-refractivity contribution in [3.63, 3.8) is 0 Å². The molecule has 0 bridgehead atoms. The summed E-state index contributed by atoms with van der Waals surface area (Å²) in [7, 11) is 1.40. The molecule has 7 nitrogen and oxygen atoms in total. The van der Waals surface area contributed by atoms with Crippen LogP contribution >= 0.6 is 0 Å². The second-order valence-electron chi connectivity index (χ2n) is 6.54. The van der Waals surface area contributed by atoms with Gasteiger partial charge in [-0.25, -0.2) is 14.5 Å². The molecule has 0 atom stereocenters. The van der Waals surface area contributed by atoms with Gasteiger partial charge in [-0.15, -0.1) is 5.10 Å². The van der Waals surface area contributed by atoms with Gasteiger partial charge in [0.25, 0.3) is 5.56 Å². The highest BCUT2D eigenvalue weighted by molar-refractivity contribution is 5.61. The third-order valence-electron chi connectivity index (χ3n) is 4.59. The van der Waals surface area contributed by atoms with E-state index in [0.717, 1.165) is 29.4 Å². The van der Waals surface area contributed by atoms with Crippen LogP contribution in [0.4, 0.5) is 0 Å². The molecule has 1 aromatic rings. The molecule has 132 valence electrons. The molecule has 0 aromatic heterocycles. The number of allylic oxidation sites excluding steroid dienone is 1. The van der Waals surface area contributed by atoms with Crippen LogP contribution in [0.2, 0.25) is 0 Å². The molecule has 0 saturated heterocycles. The van der Waals surface area contributed by atoms with Crippen LogP contribution in [0.1, 0.15) is 25.3 Å². The number of hydrogen-bond donors (Lipinski definition) is 0. The van der Waals surface area contributed by atoms with Crippen molar-refractivity contribution in [2.75, 3.05) is 0 Å². The summed E-state index contributed by atoms with van der Waals surface area (Å²) in [5, 5.41) is 4.51. The third kappa shape index (κ3) is 2.96. The van der Waals surface area contributed by atoms with E-state index in [4.69, 9.17) is 0 Å². The van der Waals surface area contributed by atoms with Crippen molar-refractivity contribution in [3.05, 3.63) is 56.7 Å². The number of rotatable bonds is 4. The van der Waals surface area contributed by atoms with Crippen LogP contribution in [-0.2, 0) is 13.5 Å². The summed E-state index contributed by atoms with van der Waals surface area (Å²) < 4.78 is 2.46. The molecule has 1 aliphatic carbocycles. The highest BCUT2D eigenvalue weighted by Crippen LogP contribution is 2.30. The zero-order chi connectivity index (χ0) is 18.3. The zero-order valence-electron chi connectivity index (χ0n) is 14.7. The third-order valence-corrected chi connectivity index (χ3v) is 4.59. The molecule has 0 unspecified atom stereocenters. The van der Waals surface area contributed by atoms with Crippen molar-refractivity contribution in [2.45, 2.75) is 26.2 Å². The number of aryl methyl sites for hydroxylation is 1. The van der Waals surface area contributed by atoms with E-state index >= 15 is 0 Å². The van der Waals surface area contributed by atoms with E-state index in [1.54, 1.807) is 6.20 Å². The lowest BCUT2D eigenvalue weighted by Crippen LogP contribution is -2.36. The van der Waals surface area contributed by atoms with Crippen molar-refractivity contribution in [1.82, 2.24) is 24.3 Å². The highest BCUT2D eigenvalue weighted by Gasteiger charge is 2.21. The molecule has 1 fully saturated rings. The Balaban J connectivity index is 1.94. The van der Waals surface area contributed by atoms with Crippen LogP contribution < -0.4 is 11.2 Å². The molecule has 0 N–H and O–H groups in total. The number of nitrogens with zero attached hydrogens (tertiary/aromatic N) is 5. The highest BCUT2D eigenvalue weighted by atomic mass is 16.2. The fraction of sp³-hybridized carbons (Fsp3) is 0.316. The minimum absolute atomic E-state index is 0.136. The normalized spacial score (nSPS) is 14.4. The first-order valence-corrected chi connectivity index (χ1v) is 8.72. The Morgan fingerprint density at radius 3 is 2.54 bits per heavy atom. The molecule has 2 heterocycles. The van der Waals surface area contributed by atoms with Crippen LogP contribution in [0, 0.1) is 5.92 Å². The summed E-state index contributed by atoms with van der Waals surface area (Å²) in [5.74, 6) is 1.14. The maximum Gasteiger partial charge on any atom is 0.352 e. The van der Waals surface area contributed by atoms with Gasteiger partial charge < -0.3 is 0 Å². The lowest BCUT2D eigenvalue weighted by molar-refractivity contribution is 0.734. The fourth-order valence-corrected chi connectivity index (χ4v) is 2.70. The molecule has 0 spiro atoms. The molecule has 26 heavy (non-hydrogen) atoms. The molecule has 7 heteroatoms. The van der Waals surface area contributed by atoms with Gasteiger partial charge >= 0.3 is 5.69 Å². The second kappa shape index (κ2) is 6.33. The van der Waals surface area contributed by atoms with Gasteiger partial charge in [-0.05, 0) is 30.7 Å². The van der Waals surface area contributed by atoms with Gasteiger partial charge in [-0.2, -0.15) is 4.98 Å². The van der Waals surface area contributed by atoms with E-state index in [9.17, 15) is 9.59 Å². The molecule has 1 aromatic carbocycles. The Morgan fingerprint density at radius 2 is 1.88 bits per heavy atom. The van der Waals surface area contributed by atoms with Crippen LogP contribution in [0.25, 0.3) is 29.1 Å². The van der Waals surface area contributed by atoms with E-state index in [2.05, 4.69) is 22.0 Å². The molecule has 0 radical (unpaired) electrons. The number of hydrogen-bond acceptors (Lipinski definition) is 5. The van der Waals surface area contributed by atoms with Gasteiger partial charge in [0, 0.05) is 18.8 Å². The van der Waals surface area contributed by atoms with E-state index < -0.39 is 11.2 Å². The van der Waals surface area contributed by atoms with Crippen LogP contribution in [0.5, 0.6) is 0 Å². The van der Waals surface area contributed by atoms with E-state index in [1.807, 2.05) is 30.3 Å². The van der Waals surface area contributed by atoms with Gasteiger partial charge in [-0.1, -0.05) is 37.3 Å². The van der Waals surface area contributed by atoms with Crippen molar-refractivity contribution in [3.8, 4) is 22.9 Å². The molecular formula is C19H19N5O2. The first-order valence-electron chi connectivity index (χ1n) is 8.72. The first-order chi connectivity index (χ1) is 12.6. The van der Waals surface area contributed by atoms with Crippen LogP contribution in [-0.4, -0.2) is 24.3 Å². The quantitative estimate of drug-likeness (QED) is 0.719. The Hall–Kier alpha value is -3.09. The summed E-state index contributed by atoms with van der Waals surface area (Å²) in [5.41, 5.74) is 1.08. The average molecular weight is 349 g/mol. The molecule has 2 aliphatic heterocycles. The van der Waals surface area contributed by atoms with Crippen LogP contribution in [0.3, 0.4) is 0 Å². The molecule has 4 rings (SSSR count). The summed E-state index contributed by atoms with van der Waals surface area (Å²) in [6, 6.07) is 7.92. The van der Waals surface area contributed by atoms with Crippen molar-refractivity contribution < 1.29 is 0 Å². The molecular weight excluding hydrogens is 330 g/mol. The minimum atomic E-state index is -0.611. The van der Waals surface area contributed by atoms with Gasteiger partial charge in [0.2, 0.25) is 0 Å². The predicted molar refractivity (Wildman–Crippen MR) is 98.8 cm³/mol. The van der Waals surface area contributed by atoms with Gasteiger partial charge in [0.05, 0.1) is 0 Å². The van der Waals surface area contributed by atoms with Crippen molar-refractivity contribution in [2.24, 2.45) is 13.0 Å². The SMILES string of the molecule is CCc1ccc(-c2nc3c(=O)n(C)c(=O)nc-3n(/C=C/C3CC3)n2)cc1. The van der Waals surface area contributed by atoms with Gasteiger partial charge in [-0.3, -0.25) is 9.36 Å². The monoisotopic (exact) mass is 349 g/mol. The van der Waals surface area contributed by atoms with E-state index in [0.29, 0.717) is 11.7 Å². The number of fused-ring (bicyclic) bond motifs is 1. The van der Waals surface area contributed by atoms with E-state index in [1.165, 1.54) is 17.3 Å². The van der Waals surface area contributed by atoms with Crippen LogP contribution in [0.15, 0.2) is 39.9 Å². The fourth-order valence-electron chi connectivity index (χ4n) is 2.70. The molecule has 0 amide bonds. The second-order valence-corrected chi connectivity index (χ2v) is 6.54. The summed E-state index contributed by atoms with van der Waals surface area (Å²) >= 11 is 0. The lowest BCUT2D eigenvalue weighted by Gasteiger charge is -2.12. The number of benzene rings is 1. The lowest BCUT2D eigenvalue weighted by atomic mass is 10.1. The smallest absolute Gasteiger partial charge is 0.267 e. The topological polar surface area (TPSA) is 82.7 Å². The zero-order valence-corrected chi connectivity index (χ0v) is 14.7.